The number of fused-ring (bicyclic) bond motifs is 1. The van der Waals surface area contributed by atoms with Gasteiger partial charge in [-0.05, 0) is 11.6 Å². The van der Waals surface area contributed by atoms with Gasteiger partial charge < -0.3 is 14.9 Å². The molecule has 0 radical (unpaired) electrons. The lowest BCUT2D eigenvalue weighted by molar-refractivity contribution is -0.129. The summed E-state index contributed by atoms with van der Waals surface area (Å²) in [4.78, 5) is 18.5. The fourth-order valence-electron chi connectivity index (χ4n) is 1.72. The van der Waals surface area contributed by atoms with Crippen molar-refractivity contribution in [2.75, 3.05) is 7.11 Å². The third-order valence-electron chi connectivity index (χ3n) is 2.48. The van der Waals surface area contributed by atoms with E-state index in [1.807, 2.05) is 24.3 Å². The fraction of sp³-hybridized carbons (Fsp3) is 0.167. The van der Waals surface area contributed by atoms with Gasteiger partial charge in [0.25, 0.3) is 0 Å². The van der Waals surface area contributed by atoms with Gasteiger partial charge in [-0.1, -0.05) is 23.4 Å². The normalized spacial score (nSPS) is 11.7. The third-order valence-corrected chi connectivity index (χ3v) is 2.48. The molecule has 5 nitrogen and oxygen atoms in total. The summed E-state index contributed by atoms with van der Waals surface area (Å²) in [6, 6.07) is 7.71. The summed E-state index contributed by atoms with van der Waals surface area (Å²) in [5, 5.41) is 13.5. The lowest BCUT2D eigenvalue weighted by atomic mass is 10.1. The molecule has 0 bridgehead atoms. The second kappa shape index (κ2) is 4.69. The minimum atomic E-state index is -1.07. The quantitative estimate of drug-likeness (QED) is 0.623. The van der Waals surface area contributed by atoms with Crippen LogP contribution in [0.3, 0.4) is 0 Å². The van der Waals surface area contributed by atoms with Gasteiger partial charge in [-0.15, -0.1) is 0 Å². The lowest BCUT2D eigenvalue weighted by Crippen LogP contribution is -2.16. The van der Waals surface area contributed by atoms with E-state index in [1.165, 1.54) is 7.11 Å². The Morgan fingerprint density at radius 3 is 2.94 bits per heavy atom. The number of nitrogens with one attached hydrogen (secondary N) is 1. The Morgan fingerprint density at radius 1 is 1.47 bits per heavy atom. The highest BCUT2D eigenvalue weighted by atomic mass is 16.6. The standard InChI is InChI=1S/C12H12N2O3/c1-17-14-11(12(15)16)6-8-7-13-10-5-3-2-4-9(8)10/h2-5,7,13H,6H2,1H3,(H,15,16)/b14-11+. The van der Waals surface area contributed by atoms with Gasteiger partial charge in [0, 0.05) is 23.5 Å². The maximum Gasteiger partial charge on any atom is 0.354 e. The lowest BCUT2D eigenvalue weighted by Gasteiger charge is -1.99. The van der Waals surface area contributed by atoms with Crippen molar-refractivity contribution in [1.82, 2.24) is 4.98 Å². The molecule has 88 valence electrons. The molecule has 2 aromatic rings. The number of hydrogen-bond acceptors (Lipinski definition) is 3. The van der Waals surface area contributed by atoms with Crippen LogP contribution in [0.2, 0.25) is 0 Å². The molecular weight excluding hydrogens is 220 g/mol. The van der Waals surface area contributed by atoms with Gasteiger partial charge in [0.1, 0.15) is 7.11 Å². The molecule has 2 N–H and O–H groups in total. The minimum absolute atomic E-state index is 0.0164. The van der Waals surface area contributed by atoms with Crippen LogP contribution in [-0.4, -0.2) is 28.9 Å². The summed E-state index contributed by atoms with van der Waals surface area (Å²) in [6.45, 7) is 0. The van der Waals surface area contributed by atoms with E-state index in [2.05, 4.69) is 15.0 Å². The van der Waals surface area contributed by atoms with Crippen molar-refractivity contribution in [2.45, 2.75) is 6.42 Å². The zero-order valence-corrected chi connectivity index (χ0v) is 9.30. The number of benzene rings is 1. The van der Waals surface area contributed by atoms with E-state index >= 15 is 0 Å². The van der Waals surface area contributed by atoms with E-state index in [0.717, 1.165) is 16.5 Å². The number of carbonyl (C=O) groups is 1. The van der Waals surface area contributed by atoms with Crippen LogP contribution in [0, 0.1) is 0 Å². The van der Waals surface area contributed by atoms with Crippen molar-refractivity contribution in [3.63, 3.8) is 0 Å². The van der Waals surface area contributed by atoms with Crippen LogP contribution < -0.4 is 0 Å². The summed E-state index contributed by atoms with van der Waals surface area (Å²) < 4.78 is 0. The topological polar surface area (TPSA) is 74.7 Å². The summed E-state index contributed by atoms with van der Waals surface area (Å²) in [7, 11) is 1.33. The Kier molecular flexibility index (Phi) is 3.09. The van der Waals surface area contributed by atoms with E-state index in [4.69, 9.17) is 5.11 Å². The van der Waals surface area contributed by atoms with Crippen molar-refractivity contribution >= 4 is 22.6 Å². The molecule has 1 aromatic carbocycles. The monoisotopic (exact) mass is 232 g/mol. The Morgan fingerprint density at radius 2 is 2.24 bits per heavy atom. The average molecular weight is 232 g/mol. The van der Waals surface area contributed by atoms with Gasteiger partial charge in [-0.3, -0.25) is 0 Å². The summed E-state index contributed by atoms with van der Waals surface area (Å²) in [5.74, 6) is -1.07. The maximum absolute atomic E-state index is 10.9. The number of para-hydroxylation sites is 1. The Bertz CT molecular complexity index is 572. The van der Waals surface area contributed by atoms with Crippen LogP contribution in [0.25, 0.3) is 10.9 Å². The molecule has 0 unspecified atom stereocenters. The van der Waals surface area contributed by atoms with Crippen molar-refractivity contribution in [1.29, 1.82) is 0 Å². The molecule has 1 heterocycles. The maximum atomic E-state index is 10.9. The molecule has 2 rings (SSSR count). The average Bonchev–Trinajstić information content (AvgIpc) is 2.72. The SMILES string of the molecule is CO/N=C(\Cc1c[nH]c2ccccc12)C(=O)O. The second-order valence-electron chi connectivity index (χ2n) is 3.56. The van der Waals surface area contributed by atoms with E-state index < -0.39 is 5.97 Å². The molecule has 17 heavy (non-hydrogen) atoms. The van der Waals surface area contributed by atoms with Crippen LogP contribution in [0.4, 0.5) is 0 Å². The Hall–Kier alpha value is -2.30. The number of H-pyrrole nitrogens is 1. The summed E-state index contributed by atoms with van der Waals surface area (Å²) >= 11 is 0. The smallest absolute Gasteiger partial charge is 0.354 e. The number of carboxylic acid groups (broad SMARTS) is 1. The van der Waals surface area contributed by atoms with Crippen LogP contribution in [0.1, 0.15) is 5.56 Å². The molecule has 0 amide bonds. The first-order chi connectivity index (χ1) is 8.22. The summed E-state index contributed by atoms with van der Waals surface area (Å²) in [6.07, 6.45) is 2.02. The molecule has 0 spiro atoms. The predicted molar refractivity (Wildman–Crippen MR) is 64.1 cm³/mol. The number of rotatable bonds is 4. The van der Waals surface area contributed by atoms with E-state index in [1.54, 1.807) is 6.20 Å². The van der Waals surface area contributed by atoms with Gasteiger partial charge >= 0.3 is 5.97 Å². The minimum Gasteiger partial charge on any atom is -0.477 e. The van der Waals surface area contributed by atoms with Gasteiger partial charge in [0.05, 0.1) is 0 Å². The molecule has 0 aliphatic heterocycles. The van der Waals surface area contributed by atoms with Crippen LogP contribution in [0.15, 0.2) is 35.6 Å². The molecular formula is C12H12N2O3. The van der Waals surface area contributed by atoms with Gasteiger partial charge in [-0.25, -0.2) is 4.79 Å². The van der Waals surface area contributed by atoms with Crippen molar-refractivity contribution in [2.24, 2.45) is 5.16 Å². The van der Waals surface area contributed by atoms with Crippen molar-refractivity contribution in [3.05, 3.63) is 36.0 Å². The predicted octanol–water partition coefficient (Wildman–Crippen LogP) is 1.80. The highest BCUT2D eigenvalue weighted by Gasteiger charge is 2.13. The fourth-order valence-corrected chi connectivity index (χ4v) is 1.72. The Labute approximate surface area is 97.7 Å². The summed E-state index contributed by atoms with van der Waals surface area (Å²) in [5.41, 5.74) is 1.85. The van der Waals surface area contributed by atoms with E-state index in [9.17, 15) is 4.79 Å². The molecule has 0 fully saturated rings. The first-order valence-electron chi connectivity index (χ1n) is 5.10. The first kappa shape index (κ1) is 11.2. The molecule has 5 heteroatoms. The highest BCUT2D eigenvalue weighted by molar-refractivity contribution is 6.36. The third kappa shape index (κ3) is 2.28. The molecule has 0 atom stereocenters. The second-order valence-corrected chi connectivity index (χ2v) is 3.56. The van der Waals surface area contributed by atoms with Crippen LogP contribution in [-0.2, 0) is 16.1 Å². The number of carboxylic acids is 1. The molecule has 0 saturated carbocycles. The zero-order chi connectivity index (χ0) is 12.3. The number of nitrogens with zero attached hydrogens (tertiary/aromatic N) is 1. The van der Waals surface area contributed by atoms with E-state index in [-0.39, 0.29) is 12.1 Å². The number of aliphatic carboxylic acids is 1. The Balaban J connectivity index is 2.35. The number of hydrogen-bond donors (Lipinski definition) is 2. The number of aromatic nitrogens is 1. The van der Waals surface area contributed by atoms with Crippen molar-refractivity contribution in [3.8, 4) is 0 Å². The molecule has 0 saturated heterocycles. The van der Waals surface area contributed by atoms with Crippen LogP contribution in [0.5, 0.6) is 0 Å². The molecule has 0 aliphatic carbocycles. The highest BCUT2D eigenvalue weighted by Crippen LogP contribution is 2.18. The molecule has 1 aromatic heterocycles. The number of aromatic amines is 1. The first-order valence-corrected chi connectivity index (χ1v) is 5.10. The van der Waals surface area contributed by atoms with E-state index in [0.29, 0.717) is 0 Å². The largest absolute Gasteiger partial charge is 0.477 e. The zero-order valence-electron chi connectivity index (χ0n) is 9.30. The number of oxime groups is 1. The van der Waals surface area contributed by atoms with Gasteiger partial charge in [0.2, 0.25) is 0 Å². The van der Waals surface area contributed by atoms with Gasteiger partial charge in [-0.2, -0.15) is 0 Å². The van der Waals surface area contributed by atoms with Gasteiger partial charge in [0.15, 0.2) is 5.71 Å². The van der Waals surface area contributed by atoms with Crippen LogP contribution >= 0.6 is 0 Å². The molecule has 0 aliphatic rings. The van der Waals surface area contributed by atoms with Crippen molar-refractivity contribution < 1.29 is 14.7 Å².